The Balaban J connectivity index is 2.13. The second kappa shape index (κ2) is 6.05. The van der Waals surface area contributed by atoms with E-state index in [-0.39, 0.29) is 17.4 Å². The molecule has 1 heterocycles. The predicted octanol–water partition coefficient (Wildman–Crippen LogP) is 2.02. The Kier molecular flexibility index (Phi) is 4.39. The summed E-state index contributed by atoms with van der Waals surface area (Å²) in [6.07, 6.45) is 1.56. The van der Waals surface area contributed by atoms with Gasteiger partial charge in [-0.3, -0.25) is 4.79 Å². The minimum atomic E-state index is -1.03. The van der Waals surface area contributed by atoms with Crippen molar-refractivity contribution in [3.63, 3.8) is 0 Å². The summed E-state index contributed by atoms with van der Waals surface area (Å²) in [4.78, 5) is 23.5. The fourth-order valence-corrected chi connectivity index (χ4v) is 2.55. The number of amides is 1. The summed E-state index contributed by atoms with van der Waals surface area (Å²) in [6, 6.07) is 5.34. The number of benzene rings is 1. The van der Waals surface area contributed by atoms with Crippen LogP contribution in [0.5, 0.6) is 0 Å². The molecule has 1 aromatic carbocycles. The van der Waals surface area contributed by atoms with E-state index in [1.807, 2.05) is 13.8 Å². The molecule has 0 spiro atoms. The number of carbonyl (C=O) groups is 2. The molecule has 1 aliphatic heterocycles. The average molecular weight is 276 g/mol. The number of carboxylic acid groups (broad SMARTS) is 1. The lowest BCUT2D eigenvalue weighted by Crippen LogP contribution is -2.40. The molecule has 0 bridgehead atoms. The van der Waals surface area contributed by atoms with Crippen molar-refractivity contribution in [3.8, 4) is 0 Å². The molecule has 1 aliphatic rings. The average Bonchev–Trinajstić information content (AvgIpc) is 2.40. The highest BCUT2D eigenvalue weighted by molar-refractivity contribution is 6.01. The van der Waals surface area contributed by atoms with E-state index in [0.717, 1.165) is 24.9 Å². The van der Waals surface area contributed by atoms with Gasteiger partial charge in [-0.1, -0.05) is 11.6 Å². The molecule has 2 unspecified atom stereocenters. The SMILES string of the molecule is Cc1ccc(NC(=O)C2CCNC(C)C2)c(C(=O)O)c1. The van der Waals surface area contributed by atoms with Gasteiger partial charge in [0.25, 0.3) is 0 Å². The highest BCUT2D eigenvalue weighted by Gasteiger charge is 2.25. The Bertz CT molecular complexity index is 528. The van der Waals surface area contributed by atoms with Crippen LogP contribution in [-0.4, -0.2) is 29.6 Å². The van der Waals surface area contributed by atoms with Crippen molar-refractivity contribution in [2.24, 2.45) is 5.92 Å². The molecule has 0 radical (unpaired) electrons. The van der Waals surface area contributed by atoms with Crippen molar-refractivity contribution in [1.82, 2.24) is 5.32 Å². The number of hydrogen-bond acceptors (Lipinski definition) is 3. The molecular formula is C15H20N2O3. The van der Waals surface area contributed by atoms with E-state index >= 15 is 0 Å². The zero-order valence-corrected chi connectivity index (χ0v) is 11.8. The monoisotopic (exact) mass is 276 g/mol. The van der Waals surface area contributed by atoms with Gasteiger partial charge in [0.1, 0.15) is 0 Å². The topological polar surface area (TPSA) is 78.4 Å². The first-order valence-electron chi connectivity index (χ1n) is 6.85. The molecule has 0 aromatic heterocycles. The van der Waals surface area contributed by atoms with Gasteiger partial charge < -0.3 is 15.7 Å². The van der Waals surface area contributed by atoms with Gasteiger partial charge in [-0.25, -0.2) is 4.79 Å². The molecule has 3 N–H and O–H groups in total. The molecule has 2 atom stereocenters. The van der Waals surface area contributed by atoms with E-state index < -0.39 is 5.97 Å². The van der Waals surface area contributed by atoms with Gasteiger partial charge in [0, 0.05) is 12.0 Å². The molecule has 108 valence electrons. The maximum atomic E-state index is 12.2. The van der Waals surface area contributed by atoms with Crippen LogP contribution in [0.25, 0.3) is 0 Å². The van der Waals surface area contributed by atoms with Gasteiger partial charge in [-0.05, 0) is 45.4 Å². The van der Waals surface area contributed by atoms with Crippen LogP contribution in [0.15, 0.2) is 18.2 Å². The zero-order valence-electron chi connectivity index (χ0n) is 11.8. The highest BCUT2D eigenvalue weighted by Crippen LogP contribution is 2.22. The molecule has 0 aliphatic carbocycles. The third-order valence-electron chi connectivity index (χ3n) is 3.66. The van der Waals surface area contributed by atoms with Crippen molar-refractivity contribution >= 4 is 17.6 Å². The predicted molar refractivity (Wildman–Crippen MR) is 77.0 cm³/mol. The molecule has 20 heavy (non-hydrogen) atoms. The second-order valence-corrected chi connectivity index (χ2v) is 5.42. The lowest BCUT2D eigenvalue weighted by Gasteiger charge is -2.27. The first-order valence-corrected chi connectivity index (χ1v) is 6.85. The lowest BCUT2D eigenvalue weighted by atomic mass is 9.92. The van der Waals surface area contributed by atoms with Crippen molar-refractivity contribution in [2.75, 3.05) is 11.9 Å². The van der Waals surface area contributed by atoms with Crippen LogP contribution in [0.4, 0.5) is 5.69 Å². The number of nitrogens with one attached hydrogen (secondary N) is 2. The summed E-state index contributed by atoms with van der Waals surface area (Å²) in [5.41, 5.74) is 1.37. The Morgan fingerprint density at radius 3 is 2.80 bits per heavy atom. The van der Waals surface area contributed by atoms with Crippen LogP contribution in [-0.2, 0) is 4.79 Å². The first kappa shape index (κ1) is 14.5. The number of aryl methyl sites for hydroxylation is 1. The van der Waals surface area contributed by atoms with Crippen LogP contribution < -0.4 is 10.6 Å². The van der Waals surface area contributed by atoms with Crippen LogP contribution in [0.2, 0.25) is 0 Å². The third-order valence-corrected chi connectivity index (χ3v) is 3.66. The molecule has 1 aromatic rings. The largest absolute Gasteiger partial charge is 0.478 e. The van der Waals surface area contributed by atoms with Crippen molar-refractivity contribution < 1.29 is 14.7 Å². The van der Waals surface area contributed by atoms with E-state index in [1.54, 1.807) is 18.2 Å². The van der Waals surface area contributed by atoms with Gasteiger partial charge >= 0.3 is 5.97 Å². The van der Waals surface area contributed by atoms with Crippen LogP contribution in [0.1, 0.15) is 35.7 Å². The number of rotatable bonds is 3. The Morgan fingerprint density at radius 2 is 2.15 bits per heavy atom. The molecular weight excluding hydrogens is 256 g/mol. The fraction of sp³-hybridized carbons (Fsp3) is 0.467. The lowest BCUT2D eigenvalue weighted by molar-refractivity contribution is -0.120. The Hall–Kier alpha value is -1.88. The summed E-state index contributed by atoms with van der Waals surface area (Å²) in [5.74, 6) is -1.18. The normalized spacial score (nSPS) is 22.3. The van der Waals surface area contributed by atoms with E-state index in [2.05, 4.69) is 10.6 Å². The van der Waals surface area contributed by atoms with Gasteiger partial charge in [0.05, 0.1) is 11.3 Å². The molecule has 5 heteroatoms. The molecule has 1 fully saturated rings. The summed E-state index contributed by atoms with van der Waals surface area (Å²) in [7, 11) is 0. The zero-order chi connectivity index (χ0) is 14.7. The van der Waals surface area contributed by atoms with Gasteiger partial charge in [0.2, 0.25) is 5.91 Å². The number of carbonyl (C=O) groups excluding carboxylic acids is 1. The quantitative estimate of drug-likeness (QED) is 0.789. The highest BCUT2D eigenvalue weighted by atomic mass is 16.4. The van der Waals surface area contributed by atoms with Crippen LogP contribution in [0.3, 0.4) is 0 Å². The standard InChI is InChI=1S/C15H20N2O3/c1-9-3-4-13(12(7-9)15(19)20)17-14(18)11-5-6-16-10(2)8-11/h3-4,7,10-11,16H,5-6,8H2,1-2H3,(H,17,18)(H,19,20). The number of piperidine rings is 1. The number of aromatic carboxylic acids is 1. The molecule has 5 nitrogen and oxygen atoms in total. The maximum absolute atomic E-state index is 12.2. The minimum Gasteiger partial charge on any atom is -0.478 e. The van der Waals surface area contributed by atoms with Crippen molar-refractivity contribution in [2.45, 2.75) is 32.7 Å². The summed E-state index contributed by atoms with van der Waals surface area (Å²) >= 11 is 0. The van der Waals surface area contributed by atoms with Gasteiger partial charge in [0.15, 0.2) is 0 Å². The maximum Gasteiger partial charge on any atom is 0.337 e. The molecule has 2 rings (SSSR count). The second-order valence-electron chi connectivity index (χ2n) is 5.42. The minimum absolute atomic E-state index is 0.0609. The Labute approximate surface area is 118 Å². The summed E-state index contributed by atoms with van der Waals surface area (Å²) in [5, 5.41) is 15.2. The van der Waals surface area contributed by atoms with Gasteiger partial charge in [-0.2, -0.15) is 0 Å². The van der Waals surface area contributed by atoms with Crippen molar-refractivity contribution in [1.29, 1.82) is 0 Å². The van der Waals surface area contributed by atoms with E-state index in [0.29, 0.717) is 11.7 Å². The number of carboxylic acids is 1. The van der Waals surface area contributed by atoms with E-state index in [9.17, 15) is 14.7 Å². The Morgan fingerprint density at radius 1 is 1.40 bits per heavy atom. The number of hydrogen-bond donors (Lipinski definition) is 3. The molecule has 0 saturated carbocycles. The van der Waals surface area contributed by atoms with Crippen LogP contribution in [0, 0.1) is 12.8 Å². The van der Waals surface area contributed by atoms with E-state index in [4.69, 9.17) is 0 Å². The number of anilines is 1. The van der Waals surface area contributed by atoms with Gasteiger partial charge in [-0.15, -0.1) is 0 Å². The summed E-state index contributed by atoms with van der Waals surface area (Å²) < 4.78 is 0. The van der Waals surface area contributed by atoms with E-state index in [1.165, 1.54) is 0 Å². The molecule has 1 saturated heterocycles. The van der Waals surface area contributed by atoms with Crippen molar-refractivity contribution in [3.05, 3.63) is 29.3 Å². The first-order chi connectivity index (χ1) is 9.47. The summed E-state index contributed by atoms with van der Waals surface area (Å²) in [6.45, 7) is 4.69. The smallest absolute Gasteiger partial charge is 0.337 e. The molecule has 1 amide bonds. The fourth-order valence-electron chi connectivity index (χ4n) is 2.55. The van der Waals surface area contributed by atoms with Crippen LogP contribution >= 0.6 is 0 Å². The third kappa shape index (κ3) is 3.36.